The number of rotatable bonds is 5. The van der Waals surface area contributed by atoms with Crippen LogP contribution < -0.4 is 0 Å². The van der Waals surface area contributed by atoms with Gasteiger partial charge in [0.1, 0.15) is 31.5 Å². The van der Waals surface area contributed by atoms with Gasteiger partial charge in [-0.05, 0) is 25.0 Å². The topological polar surface area (TPSA) is 83.5 Å². The van der Waals surface area contributed by atoms with Crippen LogP contribution in [-0.4, -0.2) is 46.8 Å². The highest BCUT2D eigenvalue weighted by atomic mass is 16.8. The average Bonchev–Trinajstić information content (AvgIpc) is 3.16. The molecule has 2 aromatic carbocycles. The largest absolute Gasteiger partial charge is 0.459 e. The van der Waals surface area contributed by atoms with Gasteiger partial charge in [0.05, 0.1) is 0 Å². The summed E-state index contributed by atoms with van der Waals surface area (Å²) in [6.45, 7) is 3.57. The molecule has 2 saturated heterocycles. The Morgan fingerprint density at radius 3 is 2.15 bits per heavy atom. The molecule has 8 heteroatoms. The Morgan fingerprint density at radius 2 is 1.52 bits per heavy atom. The lowest BCUT2D eigenvalue weighted by molar-refractivity contribution is -0.278. The zero-order valence-electron chi connectivity index (χ0n) is 18.4. The summed E-state index contributed by atoms with van der Waals surface area (Å²) in [5, 5.41) is 1.05. The van der Waals surface area contributed by atoms with E-state index in [1.165, 1.54) is 0 Å². The number of hydroxylamine groups is 2. The maximum absolute atomic E-state index is 13.5. The molecule has 2 fully saturated rings. The number of amides is 1. The van der Waals surface area contributed by atoms with E-state index in [2.05, 4.69) is 0 Å². The van der Waals surface area contributed by atoms with Crippen molar-refractivity contribution in [2.45, 2.75) is 56.7 Å². The van der Waals surface area contributed by atoms with Gasteiger partial charge in [-0.1, -0.05) is 72.8 Å². The van der Waals surface area contributed by atoms with E-state index in [1.807, 2.05) is 60.7 Å². The number of carbonyl (C=O) groups excluding carboxylic acids is 2. The van der Waals surface area contributed by atoms with Crippen molar-refractivity contribution < 1.29 is 33.4 Å². The Bertz CT molecular complexity index is 1050. The van der Waals surface area contributed by atoms with E-state index in [0.717, 1.165) is 16.2 Å². The van der Waals surface area contributed by atoms with Crippen molar-refractivity contribution in [3.05, 3.63) is 83.9 Å². The highest BCUT2D eigenvalue weighted by Gasteiger charge is 2.72. The van der Waals surface area contributed by atoms with E-state index in [-0.39, 0.29) is 13.2 Å². The van der Waals surface area contributed by atoms with Crippen molar-refractivity contribution in [1.29, 1.82) is 0 Å². The first-order valence-electron chi connectivity index (χ1n) is 10.8. The second kappa shape index (κ2) is 8.30. The number of ether oxygens (including phenoxy) is 4. The van der Waals surface area contributed by atoms with Crippen LogP contribution in [0.3, 0.4) is 0 Å². The monoisotopic (exact) mass is 451 g/mol. The predicted molar refractivity (Wildman–Crippen MR) is 115 cm³/mol. The molecule has 172 valence electrons. The standard InChI is InChI=1S/C25H25NO7/c1-24(2)31-21-19-13-14-20(26(32-19)23(28)30-16-18-11-7-4-8-12-18)25(21,33-24)22(27)29-15-17-9-5-3-6-10-17/h3-14,19-21H,15-16H2,1-2H3/t19-,20+,21+,25-/m0/s1. The van der Waals surface area contributed by atoms with Crippen LogP contribution in [0, 0.1) is 0 Å². The molecule has 6 rings (SSSR count). The number of hydrogen-bond donors (Lipinski definition) is 0. The first kappa shape index (κ1) is 21.6. The van der Waals surface area contributed by atoms with Gasteiger partial charge in [-0.3, -0.25) is 4.84 Å². The summed E-state index contributed by atoms with van der Waals surface area (Å²) in [5.74, 6) is -1.70. The van der Waals surface area contributed by atoms with Crippen molar-refractivity contribution in [3.8, 4) is 0 Å². The van der Waals surface area contributed by atoms with Gasteiger partial charge in [0.15, 0.2) is 5.79 Å². The van der Waals surface area contributed by atoms with Crippen LogP contribution in [0.5, 0.6) is 0 Å². The first-order chi connectivity index (χ1) is 15.9. The molecule has 0 saturated carbocycles. The molecule has 2 aromatic rings. The van der Waals surface area contributed by atoms with Crippen LogP contribution in [0.15, 0.2) is 72.8 Å². The van der Waals surface area contributed by atoms with Crippen LogP contribution in [-0.2, 0) is 41.8 Å². The van der Waals surface area contributed by atoms with Crippen molar-refractivity contribution in [1.82, 2.24) is 5.06 Å². The lowest BCUT2D eigenvalue weighted by Crippen LogP contribution is -2.72. The third-order valence-electron chi connectivity index (χ3n) is 5.87. The van der Waals surface area contributed by atoms with Gasteiger partial charge < -0.3 is 18.9 Å². The molecule has 1 aliphatic carbocycles. The number of hydrogen-bond acceptors (Lipinski definition) is 7. The van der Waals surface area contributed by atoms with Crippen LogP contribution in [0.1, 0.15) is 25.0 Å². The summed E-state index contributed by atoms with van der Waals surface area (Å²) >= 11 is 0. The molecule has 4 aliphatic rings. The maximum Gasteiger partial charge on any atom is 0.434 e. The number of nitrogens with zero attached hydrogens (tertiary/aromatic N) is 1. The van der Waals surface area contributed by atoms with Gasteiger partial charge in [0.25, 0.3) is 0 Å². The first-order valence-corrected chi connectivity index (χ1v) is 10.8. The zero-order valence-corrected chi connectivity index (χ0v) is 18.4. The lowest BCUT2D eigenvalue weighted by Gasteiger charge is -2.50. The molecule has 33 heavy (non-hydrogen) atoms. The Balaban J connectivity index is 1.38. The fourth-order valence-corrected chi connectivity index (χ4v) is 4.47. The summed E-state index contributed by atoms with van der Waals surface area (Å²) in [6.07, 6.45) is 1.27. The zero-order chi connectivity index (χ0) is 23.1. The van der Waals surface area contributed by atoms with Crippen LogP contribution in [0.2, 0.25) is 0 Å². The normalized spacial score (nSPS) is 28.9. The minimum absolute atomic E-state index is 0.0678. The second-order valence-electron chi connectivity index (χ2n) is 8.66. The molecule has 4 atom stereocenters. The van der Waals surface area contributed by atoms with Crippen molar-refractivity contribution in [3.63, 3.8) is 0 Å². The Kier molecular flexibility index (Phi) is 5.44. The number of carbonyl (C=O) groups is 2. The van der Waals surface area contributed by atoms with Gasteiger partial charge in [-0.2, -0.15) is 5.06 Å². The SMILES string of the molecule is CC1(C)O[C@@H]2[C@@H]3C=C[C@@H](N(C(=O)OCc4ccccc4)O3)[C@]2(C(=O)OCc2ccccc2)O1. The molecule has 0 aromatic heterocycles. The van der Waals surface area contributed by atoms with E-state index >= 15 is 0 Å². The molecule has 0 unspecified atom stereocenters. The van der Waals surface area contributed by atoms with Crippen molar-refractivity contribution in [2.75, 3.05) is 0 Å². The minimum atomic E-state index is -1.58. The van der Waals surface area contributed by atoms with Gasteiger partial charge >= 0.3 is 12.1 Å². The predicted octanol–water partition coefficient (Wildman–Crippen LogP) is 3.51. The lowest BCUT2D eigenvalue weighted by atomic mass is 9.79. The average molecular weight is 451 g/mol. The van der Waals surface area contributed by atoms with E-state index in [1.54, 1.807) is 26.0 Å². The minimum Gasteiger partial charge on any atom is -0.459 e. The third-order valence-corrected chi connectivity index (χ3v) is 5.87. The molecule has 0 N–H and O–H groups in total. The molecular weight excluding hydrogens is 426 g/mol. The van der Waals surface area contributed by atoms with Crippen LogP contribution in [0.4, 0.5) is 4.79 Å². The molecule has 8 nitrogen and oxygen atoms in total. The van der Waals surface area contributed by atoms with E-state index in [4.69, 9.17) is 23.8 Å². The summed E-state index contributed by atoms with van der Waals surface area (Å²) in [4.78, 5) is 32.3. The second-order valence-corrected chi connectivity index (χ2v) is 8.66. The van der Waals surface area contributed by atoms with E-state index < -0.39 is 41.7 Å². The van der Waals surface area contributed by atoms with E-state index in [9.17, 15) is 9.59 Å². The highest BCUT2D eigenvalue weighted by molar-refractivity contribution is 5.85. The maximum atomic E-state index is 13.5. The number of benzene rings is 2. The highest BCUT2D eigenvalue weighted by Crippen LogP contribution is 2.49. The molecule has 1 amide bonds. The van der Waals surface area contributed by atoms with Gasteiger partial charge in [0.2, 0.25) is 5.60 Å². The molecule has 2 bridgehead atoms. The molecular formula is C25H25NO7. The molecule has 3 heterocycles. The smallest absolute Gasteiger partial charge is 0.434 e. The van der Waals surface area contributed by atoms with E-state index in [0.29, 0.717) is 0 Å². The fourth-order valence-electron chi connectivity index (χ4n) is 4.47. The van der Waals surface area contributed by atoms with Crippen LogP contribution >= 0.6 is 0 Å². The quantitative estimate of drug-likeness (QED) is 0.508. The Morgan fingerprint density at radius 1 is 0.909 bits per heavy atom. The summed E-state index contributed by atoms with van der Waals surface area (Å²) in [6, 6.07) is 17.7. The van der Waals surface area contributed by atoms with Gasteiger partial charge in [-0.15, -0.1) is 0 Å². The summed E-state index contributed by atoms with van der Waals surface area (Å²) < 4.78 is 23.4. The Labute approximate surface area is 191 Å². The Hall–Kier alpha value is -3.20. The fraction of sp³-hybridized carbons (Fsp3) is 0.360. The van der Waals surface area contributed by atoms with Crippen molar-refractivity contribution >= 4 is 12.1 Å². The third kappa shape index (κ3) is 3.90. The van der Waals surface area contributed by atoms with Crippen LogP contribution in [0.25, 0.3) is 0 Å². The van der Waals surface area contributed by atoms with Gasteiger partial charge in [-0.25, -0.2) is 9.59 Å². The summed E-state index contributed by atoms with van der Waals surface area (Å²) in [7, 11) is 0. The summed E-state index contributed by atoms with van der Waals surface area (Å²) in [5.41, 5.74) is 0.0886. The van der Waals surface area contributed by atoms with Crippen molar-refractivity contribution in [2.24, 2.45) is 0 Å². The molecule has 3 aliphatic heterocycles. The number of esters is 1. The molecule has 0 radical (unpaired) electrons. The number of fused-ring (bicyclic) bond motifs is 1. The molecule has 0 spiro atoms. The van der Waals surface area contributed by atoms with Gasteiger partial charge in [0, 0.05) is 0 Å².